The molecule has 114 valence electrons. The standard InChI is InChI=1S/C10H14Cl2N2O4S2/c1-14(20(17)18)8(15)3-2-4-13-10(16)7-5-6(11)9(12)19-7/h7H,2-5H2,1H3,(H,13,16)(H,17,18)/p-1. The maximum absolute atomic E-state index is 11.8. The molecule has 0 fully saturated rings. The first-order chi connectivity index (χ1) is 9.32. The molecule has 0 radical (unpaired) electrons. The first-order valence-corrected chi connectivity index (χ1v) is 8.34. The Balaban J connectivity index is 2.21. The summed E-state index contributed by atoms with van der Waals surface area (Å²) in [6.07, 6.45) is 0.800. The van der Waals surface area contributed by atoms with Crippen LogP contribution in [0.1, 0.15) is 19.3 Å². The highest BCUT2D eigenvalue weighted by atomic mass is 35.5. The number of rotatable bonds is 6. The molecule has 20 heavy (non-hydrogen) atoms. The minimum absolute atomic E-state index is 0.0440. The molecule has 0 saturated heterocycles. The first kappa shape index (κ1) is 17.8. The summed E-state index contributed by atoms with van der Waals surface area (Å²) in [7, 11) is 1.18. The van der Waals surface area contributed by atoms with Crippen LogP contribution in [-0.2, 0) is 20.9 Å². The predicted molar refractivity (Wildman–Crippen MR) is 78.7 cm³/mol. The van der Waals surface area contributed by atoms with Gasteiger partial charge < -0.3 is 9.87 Å². The van der Waals surface area contributed by atoms with Crippen LogP contribution in [0.15, 0.2) is 9.40 Å². The van der Waals surface area contributed by atoms with E-state index in [0.29, 0.717) is 26.5 Å². The number of allylic oxidation sites excluding steroid dienone is 1. The number of hydrogen-bond acceptors (Lipinski definition) is 5. The zero-order chi connectivity index (χ0) is 15.3. The van der Waals surface area contributed by atoms with Crippen LogP contribution in [0.25, 0.3) is 0 Å². The van der Waals surface area contributed by atoms with Crippen molar-refractivity contribution in [3.8, 4) is 0 Å². The Bertz CT molecular complexity index is 445. The van der Waals surface area contributed by atoms with E-state index in [9.17, 15) is 18.4 Å². The third-order valence-electron chi connectivity index (χ3n) is 2.56. The molecule has 0 saturated carbocycles. The molecule has 0 aromatic heterocycles. The van der Waals surface area contributed by atoms with Crippen molar-refractivity contribution in [3.63, 3.8) is 0 Å². The fraction of sp³-hybridized carbons (Fsp3) is 0.600. The number of carbonyl (C=O) groups excluding carboxylic acids is 2. The Morgan fingerprint density at radius 1 is 1.55 bits per heavy atom. The Morgan fingerprint density at radius 2 is 2.20 bits per heavy atom. The molecule has 10 heteroatoms. The van der Waals surface area contributed by atoms with E-state index in [1.165, 1.54) is 18.8 Å². The molecule has 6 nitrogen and oxygen atoms in total. The van der Waals surface area contributed by atoms with Gasteiger partial charge in [-0.15, -0.1) is 0 Å². The Kier molecular flexibility index (Phi) is 7.32. The lowest BCUT2D eigenvalue weighted by Crippen LogP contribution is -2.33. The molecule has 0 aromatic carbocycles. The maximum atomic E-state index is 11.8. The molecule has 2 amide bonds. The summed E-state index contributed by atoms with van der Waals surface area (Å²) >= 11 is 10.2. The van der Waals surface area contributed by atoms with Gasteiger partial charge in [0.25, 0.3) is 0 Å². The van der Waals surface area contributed by atoms with E-state index in [2.05, 4.69) is 5.32 Å². The topological polar surface area (TPSA) is 89.5 Å². The molecule has 1 rings (SSSR count). The molecular weight excluding hydrogens is 347 g/mol. The van der Waals surface area contributed by atoms with Crippen molar-refractivity contribution in [1.82, 2.24) is 9.62 Å². The van der Waals surface area contributed by atoms with Gasteiger partial charge in [-0.2, -0.15) is 0 Å². The second-order valence-corrected chi connectivity index (χ2v) is 7.25. The highest BCUT2D eigenvalue weighted by molar-refractivity contribution is 8.06. The summed E-state index contributed by atoms with van der Waals surface area (Å²) in [6, 6.07) is 0. The zero-order valence-electron chi connectivity index (χ0n) is 10.6. The average Bonchev–Trinajstić information content (AvgIpc) is 2.73. The molecule has 1 N–H and O–H groups in total. The second-order valence-electron chi connectivity index (χ2n) is 3.99. The number of amides is 2. The van der Waals surface area contributed by atoms with Gasteiger partial charge in [0.15, 0.2) is 0 Å². The van der Waals surface area contributed by atoms with Gasteiger partial charge in [0.1, 0.15) is 0 Å². The average molecular weight is 360 g/mol. The lowest BCUT2D eigenvalue weighted by molar-refractivity contribution is -0.126. The van der Waals surface area contributed by atoms with E-state index in [4.69, 9.17) is 23.2 Å². The van der Waals surface area contributed by atoms with Crippen LogP contribution in [0.4, 0.5) is 0 Å². The van der Waals surface area contributed by atoms with Gasteiger partial charge in [-0.05, 0) is 6.42 Å². The minimum Gasteiger partial charge on any atom is -0.755 e. The summed E-state index contributed by atoms with van der Waals surface area (Å²) in [6.45, 7) is 0.288. The van der Waals surface area contributed by atoms with Crippen molar-refractivity contribution >= 4 is 58.0 Å². The number of carbonyl (C=O) groups is 2. The molecule has 1 aliphatic rings. The summed E-state index contributed by atoms with van der Waals surface area (Å²) in [5.74, 6) is -0.715. The highest BCUT2D eigenvalue weighted by Crippen LogP contribution is 2.41. The first-order valence-electron chi connectivity index (χ1n) is 5.67. The largest absolute Gasteiger partial charge is 0.755 e. The van der Waals surface area contributed by atoms with Crippen molar-refractivity contribution in [2.45, 2.75) is 24.5 Å². The van der Waals surface area contributed by atoms with Crippen LogP contribution in [0, 0.1) is 0 Å². The minimum atomic E-state index is -2.56. The maximum Gasteiger partial charge on any atom is 0.233 e. The lowest BCUT2D eigenvalue weighted by atomic mass is 10.2. The summed E-state index contributed by atoms with van der Waals surface area (Å²) in [4.78, 5) is 23.1. The fourth-order valence-electron chi connectivity index (χ4n) is 1.43. The van der Waals surface area contributed by atoms with Crippen LogP contribution >= 0.6 is 35.0 Å². The number of halogens is 2. The second kappa shape index (κ2) is 8.23. The van der Waals surface area contributed by atoms with Crippen LogP contribution in [0.2, 0.25) is 0 Å². The monoisotopic (exact) mass is 359 g/mol. The smallest absolute Gasteiger partial charge is 0.233 e. The normalized spacial score (nSPS) is 19.9. The van der Waals surface area contributed by atoms with Gasteiger partial charge >= 0.3 is 0 Å². The van der Waals surface area contributed by atoms with E-state index in [-0.39, 0.29) is 24.1 Å². The quantitative estimate of drug-likeness (QED) is 0.569. The molecule has 1 aliphatic heterocycles. The van der Waals surface area contributed by atoms with Crippen LogP contribution in [0.3, 0.4) is 0 Å². The van der Waals surface area contributed by atoms with Crippen LogP contribution < -0.4 is 5.32 Å². The van der Waals surface area contributed by atoms with E-state index in [0.717, 1.165) is 0 Å². The van der Waals surface area contributed by atoms with Gasteiger partial charge in [-0.25, -0.2) is 0 Å². The van der Waals surface area contributed by atoms with Crippen molar-refractivity contribution in [1.29, 1.82) is 0 Å². The molecule has 2 atom stereocenters. The SMILES string of the molecule is CN(C(=O)CCCNC(=O)C1CC(Cl)=C(Cl)S1)S(=O)[O-]. The van der Waals surface area contributed by atoms with Crippen molar-refractivity contribution in [2.75, 3.05) is 13.6 Å². The number of hydrogen-bond donors (Lipinski definition) is 1. The summed E-state index contributed by atoms with van der Waals surface area (Å²) in [5.41, 5.74) is 0. The molecule has 1 heterocycles. The van der Waals surface area contributed by atoms with Crippen molar-refractivity contribution < 1.29 is 18.4 Å². The summed E-state index contributed by atoms with van der Waals surface area (Å²) in [5, 5.41) is 2.79. The molecule has 0 aromatic rings. The molecule has 2 unspecified atom stereocenters. The Hall–Kier alpha value is -0.280. The van der Waals surface area contributed by atoms with E-state index >= 15 is 0 Å². The third-order valence-corrected chi connectivity index (χ3v) is 5.37. The fourth-order valence-corrected chi connectivity index (χ4v) is 3.36. The Morgan fingerprint density at radius 3 is 2.70 bits per heavy atom. The van der Waals surface area contributed by atoms with Crippen molar-refractivity contribution in [2.24, 2.45) is 0 Å². The van der Waals surface area contributed by atoms with E-state index in [1.54, 1.807) is 0 Å². The van der Waals surface area contributed by atoms with Crippen molar-refractivity contribution in [3.05, 3.63) is 9.40 Å². The van der Waals surface area contributed by atoms with E-state index in [1.807, 2.05) is 0 Å². The lowest BCUT2D eigenvalue weighted by Gasteiger charge is -2.18. The zero-order valence-corrected chi connectivity index (χ0v) is 13.7. The van der Waals surface area contributed by atoms with Gasteiger partial charge in [-0.1, -0.05) is 35.0 Å². The predicted octanol–water partition coefficient (Wildman–Crippen LogP) is 1.29. The van der Waals surface area contributed by atoms with E-state index < -0.39 is 17.2 Å². The van der Waals surface area contributed by atoms with Gasteiger partial charge in [0.2, 0.25) is 11.8 Å². The molecule has 0 spiro atoms. The van der Waals surface area contributed by atoms with Gasteiger partial charge in [-0.3, -0.25) is 18.1 Å². The Labute approximate surface area is 133 Å². The molecule has 0 bridgehead atoms. The number of nitrogens with zero attached hydrogens (tertiary/aromatic N) is 1. The molecule has 0 aliphatic carbocycles. The van der Waals surface area contributed by atoms with Gasteiger partial charge in [0.05, 0.1) is 9.61 Å². The number of thioether (sulfide) groups is 1. The highest BCUT2D eigenvalue weighted by Gasteiger charge is 2.28. The van der Waals surface area contributed by atoms with Crippen LogP contribution in [0.5, 0.6) is 0 Å². The number of nitrogens with one attached hydrogen (secondary N) is 1. The molecular formula is C10H13Cl2N2O4S2-. The third kappa shape index (κ3) is 5.25. The summed E-state index contributed by atoms with van der Waals surface area (Å²) < 4.78 is 22.1. The van der Waals surface area contributed by atoms with Crippen LogP contribution in [-0.4, -0.2) is 43.7 Å². The van der Waals surface area contributed by atoms with Gasteiger partial charge in [0, 0.05) is 42.7 Å².